The minimum atomic E-state index is -0.0667. The highest BCUT2D eigenvalue weighted by molar-refractivity contribution is 6.25. The number of carbonyl (C=O) groups is 2. The molecule has 0 saturated heterocycles. The quantitative estimate of drug-likeness (QED) is 0.593. The molecular weight excluding hydrogens is 212 g/mol. The lowest BCUT2D eigenvalue weighted by Crippen LogP contribution is -2.04. The summed E-state index contributed by atoms with van der Waals surface area (Å²) < 4.78 is 0. The second-order valence-electron chi connectivity index (χ2n) is 4.16. The molecule has 17 heavy (non-hydrogen) atoms. The monoisotopic (exact) mass is 222 g/mol. The molecule has 2 nitrogen and oxygen atoms in total. The van der Waals surface area contributed by atoms with Gasteiger partial charge in [-0.3, -0.25) is 9.59 Å². The van der Waals surface area contributed by atoms with Gasteiger partial charge in [0.1, 0.15) is 0 Å². The molecule has 82 valence electrons. The molecule has 1 aliphatic carbocycles. The van der Waals surface area contributed by atoms with Gasteiger partial charge in [-0.2, -0.15) is 0 Å². The van der Waals surface area contributed by atoms with E-state index in [2.05, 4.69) is 0 Å². The lowest BCUT2D eigenvalue weighted by atomic mass is 9.99. The van der Waals surface area contributed by atoms with Gasteiger partial charge in [-0.15, -0.1) is 0 Å². The van der Waals surface area contributed by atoms with Gasteiger partial charge in [0.25, 0.3) is 0 Å². The SMILES string of the molecule is CC(=O)c1cccc2c1C(=O)c1ccccc1-2. The molecule has 2 aromatic carbocycles. The fourth-order valence-corrected chi connectivity index (χ4v) is 2.37. The molecule has 0 aromatic heterocycles. The van der Waals surface area contributed by atoms with Crippen molar-refractivity contribution in [3.8, 4) is 11.1 Å². The zero-order chi connectivity index (χ0) is 12.0. The van der Waals surface area contributed by atoms with Gasteiger partial charge in [-0.1, -0.05) is 42.5 Å². The molecule has 0 unspecified atom stereocenters. The maximum atomic E-state index is 12.3. The third-order valence-corrected chi connectivity index (χ3v) is 3.13. The van der Waals surface area contributed by atoms with Crippen LogP contribution in [0.25, 0.3) is 11.1 Å². The molecule has 0 bridgehead atoms. The summed E-state index contributed by atoms with van der Waals surface area (Å²) in [6.07, 6.45) is 0. The van der Waals surface area contributed by atoms with Crippen molar-refractivity contribution in [2.45, 2.75) is 6.92 Å². The Labute approximate surface area is 98.9 Å². The Kier molecular flexibility index (Phi) is 1.99. The maximum Gasteiger partial charge on any atom is 0.195 e. The Balaban J connectivity index is 2.38. The summed E-state index contributed by atoms with van der Waals surface area (Å²) >= 11 is 0. The normalized spacial score (nSPS) is 12.2. The van der Waals surface area contributed by atoms with E-state index in [9.17, 15) is 9.59 Å². The van der Waals surface area contributed by atoms with Crippen molar-refractivity contribution < 1.29 is 9.59 Å². The van der Waals surface area contributed by atoms with E-state index in [1.807, 2.05) is 36.4 Å². The summed E-state index contributed by atoms with van der Waals surface area (Å²) in [5.74, 6) is -0.107. The number of fused-ring (bicyclic) bond motifs is 3. The van der Waals surface area contributed by atoms with Crippen molar-refractivity contribution in [3.63, 3.8) is 0 Å². The zero-order valence-corrected chi connectivity index (χ0v) is 9.36. The van der Waals surface area contributed by atoms with Crippen molar-refractivity contribution >= 4 is 11.6 Å². The predicted molar refractivity (Wildman–Crippen MR) is 65.3 cm³/mol. The predicted octanol–water partition coefficient (Wildman–Crippen LogP) is 3.10. The van der Waals surface area contributed by atoms with Crippen LogP contribution in [0.5, 0.6) is 0 Å². The molecule has 0 spiro atoms. The minimum Gasteiger partial charge on any atom is -0.294 e. The van der Waals surface area contributed by atoms with Crippen LogP contribution in [-0.4, -0.2) is 11.6 Å². The van der Waals surface area contributed by atoms with Gasteiger partial charge in [-0.05, 0) is 18.1 Å². The van der Waals surface area contributed by atoms with E-state index in [1.54, 1.807) is 6.07 Å². The first-order valence-corrected chi connectivity index (χ1v) is 5.48. The van der Waals surface area contributed by atoms with Gasteiger partial charge in [0.05, 0.1) is 0 Å². The Bertz CT molecular complexity index is 654. The second-order valence-corrected chi connectivity index (χ2v) is 4.16. The summed E-state index contributed by atoms with van der Waals surface area (Å²) in [6.45, 7) is 1.49. The highest BCUT2D eigenvalue weighted by Crippen LogP contribution is 2.37. The van der Waals surface area contributed by atoms with Crippen LogP contribution in [-0.2, 0) is 0 Å². The van der Waals surface area contributed by atoms with Crippen LogP contribution in [0.3, 0.4) is 0 Å². The summed E-state index contributed by atoms with van der Waals surface area (Å²) in [5, 5.41) is 0. The smallest absolute Gasteiger partial charge is 0.195 e. The number of hydrogen-bond acceptors (Lipinski definition) is 2. The first-order valence-electron chi connectivity index (χ1n) is 5.48. The Morgan fingerprint density at radius 2 is 1.53 bits per heavy atom. The molecule has 2 heteroatoms. The third kappa shape index (κ3) is 1.27. The Morgan fingerprint density at radius 1 is 0.882 bits per heavy atom. The average Bonchev–Trinajstić information content (AvgIpc) is 2.64. The maximum absolute atomic E-state index is 12.3. The number of rotatable bonds is 1. The fourth-order valence-electron chi connectivity index (χ4n) is 2.37. The van der Waals surface area contributed by atoms with Crippen molar-refractivity contribution in [1.29, 1.82) is 0 Å². The van der Waals surface area contributed by atoms with E-state index < -0.39 is 0 Å². The summed E-state index contributed by atoms with van der Waals surface area (Å²) in [4.78, 5) is 23.8. The molecule has 3 rings (SSSR count). The van der Waals surface area contributed by atoms with Gasteiger partial charge in [-0.25, -0.2) is 0 Å². The molecule has 0 atom stereocenters. The van der Waals surface area contributed by atoms with E-state index >= 15 is 0 Å². The van der Waals surface area contributed by atoms with Gasteiger partial charge >= 0.3 is 0 Å². The lowest BCUT2D eigenvalue weighted by Gasteiger charge is -2.03. The van der Waals surface area contributed by atoms with Crippen LogP contribution < -0.4 is 0 Å². The highest BCUT2D eigenvalue weighted by atomic mass is 16.1. The Hall–Kier alpha value is -2.22. The van der Waals surface area contributed by atoms with E-state index in [-0.39, 0.29) is 11.6 Å². The van der Waals surface area contributed by atoms with E-state index in [1.165, 1.54) is 6.92 Å². The van der Waals surface area contributed by atoms with Crippen molar-refractivity contribution in [3.05, 3.63) is 59.2 Å². The zero-order valence-electron chi connectivity index (χ0n) is 9.36. The van der Waals surface area contributed by atoms with E-state index in [0.29, 0.717) is 16.7 Å². The minimum absolute atomic E-state index is 0.0404. The first-order chi connectivity index (χ1) is 8.20. The molecule has 0 aliphatic heterocycles. The summed E-state index contributed by atoms with van der Waals surface area (Å²) in [6, 6.07) is 12.9. The molecule has 0 fully saturated rings. The average molecular weight is 222 g/mol. The van der Waals surface area contributed by atoms with Crippen molar-refractivity contribution in [1.82, 2.24) is 0 Å². The standard InChI is InChI=1S/C15H10O2/c1-9(16)10-7-4-8-12-11-5-2-3-6-13(11)15(17)14(10)12/h2-8H,1H3. The summed E-state index contributed by atoms with van der Waals surface area (Å²) in [7, 11) is 0. The van der Waals surface area contributed by atoms with Crippen molar-refractivity contribution in [2.75, 3.05) is 0 Å². The van der Waals surface area contributed by atoms with E-state index in [0.717, 1.165) is 11.1 Å². The van der Waals surface area contributed by atoms with Gasteiger partial charge in [0, 0.05) is 16.7 Å². The number of carbonyl (C=O) groups excluding carboxylic acids is 2. The fraction of sp³-hybridized carbons (Fsp3) is 0.0667. The van der Waals surface area contributed by atoms with Crippen LogP contribution in [0.15, 0.2) is 42.5 Å². The molecule has 2 aromatic rings. The topological polar surface area (TPSA) is 34.1 Å². The number of hydrogen-bond donors (Lipinski definition) is 0. The number of ketones is 2. The summed E-state index contributed by atoms with van der Waals surface area (Å²) in [5.41, 5.74) is 3.56. The number of benzene rings is 2. The van der Waals surface area contributed by atoms with Crippen LogP contribution >= 0.6 is 0 Å². The Morgan fingerprint density at radius 3 is 2.24 bits per heavy atom. The van der Waals surface area contributed by atoms with E-state index in [4.69, 9.17) is 0 Å². The van der Waals surface area contributed by atoms with Gasteiger partial charge in [0.2, 0.25) is 0 Å². The second kappa shape index (κ2) is 3.39. The van der Waals surface area contributed by atoms with Crippen LogP contribution in [0.2, 0.25) is 0 Å². The molecular formula is C15H10O2. The molecule has 1 aliphatic rings. The van der Waals surface area contributed by atoms with Gasteiger partial charge < -0.3 is 0 Å². The lowest BCUT2D eigenvalue weighted by molar-refractivity contribution is 0.0992. The third-order valence-electron chi connectivity index (χ3n) is 3.13. The van der Waals surface area contributed by atoms with Crippen molar-refractivity contribution in [2.24, 2.45) is 0 Å². The first kappa shape index (κ1) is 9.97. The molecule has 0 N–H and O–H groups in total. The van der Waals surface area contributed by atoms with Crippen LogP contribution in [0.4, 0.5) is 0 Å². The molecule has 0 saturated carbocycles. The highest BCUT2D eigenvalue weighted by Gasteiger charge is 2.29. The molecule has 0 radical (unpaired) electrons. The van der Waals surface area contributed by atoms with Gasteiger partial charge in [0.15, 0.2) is 11.6 Å². The van der Waals surface area contributed by atoms with Crippen LogP contribution in [0.1, 0.15) is 33.2 Å². The molecule has 0 amide bonds. The number of Topliss-reactive ketones (excluding diaryl/α,β-unsaturated/α-hetero) is 1. The largest absolute Gasteiger partial charge is 0.294 e. The molecule has 0 heterocycles. The van der Waals surface area contributed by atoms with Crippen LogP contribution in [0, 0.1) is 0 Å².